The fourth-order valence-electron chi connectivity index (χ4n) is 6.79. The summed E-state index contributed by atoms with van der Waals surface area (Å²) in [7, 11) is 0. The van der Waals surface area contributed by atoms with Gasteiger partial charge in [-0.3, -0.25) is 19.2 Å². The van der Waals surface area contributed by atoms with Crippen molar-refractivity contribution in [3.05, 3.63) is 23.3 Å². The number of cyclic esters (lactones) is 1. The third-order valence-electron chi connectivity index (χ3n) is 9.54. The van der Waals surface area contributed by atoms with Gasteiger partial charge in [-0.15, -0.1) is 0 Å². The maximum Gasteiger partial charge on any atom is 0.311 e. The quantitative estimate of drug-likeness (QED) is 0.120. The van der Waals surface area contributed by atoms with Crippen molar-refractivity contribution in [3.8, 4) is 0 Å². The first-order chi connectivity index (χ1) is 24.4. The minimum Gasteiger partial charge on any atom is -0.462 e. The summed E-state index contributed by atoms with van der Waals surface area (Å²) < 4.78 is 22.3. The number of ether oxygens (including phenoxy) is 4. The van der Waals surface area contributed by atoms with Gasteiger partial charge in [-0.2, -0.15) is 0 Å². The second kappa shape index (κ2) is 25.3. The summed E-state index contributed by atoms with van der Waals surface area (Å²) in [6, 6.07) is 0. The molecule has 4 N–H and O–H groups in total. The number of carbonyl (C=O) groups is 4. The molecule has 0 unspecified atom stereocenters. The van der Waals surface area contributed by atoms with Crippen LogP contribution in [0.15, 0.2) is 23.3 Å². The summed E-state index contributed by atoms with van der Waals surface area (Å²) in [5, 5.41) is 44.0. The zero-order chi connectivity index (χ0) is 39.4. The van der Waals surface area contributed by atoms with E-state index in [0.29, 0.717) is 57.8 Å². The van der Waals surface area contributed by atoms with Crippen molar-refractivity contribution in [2.45, 2.75) is 194 Å². The molecule has 0 spiro atoms. The molecule has 1 heterocycles. The Hall–Kier alpha value is -2.80. The zero-order valence-corrected chi connectivity index (χ0v) is 32.9. The lowest BCUT2D eigenvalue weighted by atomic mass is 9.88. The van der Waals surface area contributed by atoms with Crippen molar-refractivity contribution in [3.63, 3.8) is 0 Å². The highest BCUT2D eigenvalue weighted by atomic mass is 16.6. The second-order valence-electron chi connectivity index (χ2n) is 14.9. The molecule has 0 saturated heterocycles. The molecule has 12 heteroatoms. The Morgan fingerprint density at radius 3 is 2.15 bits per heavy atom. The van der Waals surface area contributed by atoms with Crippen LogP contribution in [-0.2, 0) is 38.1 Å². The van der Waals surface area contributed by atoms with Gasteiger partial charge >= 0.3 is 23.9 Å². The Morgan fingerprint density at radius 2 is 1.54 bits per heavy atom. The lowest BCUT2D eigenvalue weighted by molar-refractivity contribution is -0.161. The topological polar surface area (TPSA) is 186 Å². The summed E-state index contributed by atoms with van der Waals surface area (Å²) in [6.45, 7) is 13.1. The molecule has 0 aromatic rings. The molecule has 12 nitrogen and oxygen atoms in total. The van der Waals surface area contributed by atoms with Gasteiger partial charge in [-0.05, 0) is 78.1 Å². The highest BCUT2D eigenvalue weighted by Crippen LogP contribution is 2.26. The van der Waals surface area contributed by atoms with E-state index in [9.17, 15) is 39.6 Å². The molecule has 1 aliphatic rings. The number of esters is 4. The second-order valence-corrected chi connectivity index (χ2v) is 14.9. The minimum absolute atomic E-state index is 0.0272. The van der Waals surface area contributed by atoms with Crippen LogP contribution in [0.5, 0.6) is 0 Å². The van der Waals surface area contributed by atoms with E-state index in [1.807, 2.05) is 20.8 Å². The summed E-state index contributed by atoms with van der Waals surface area (Å²) >= 11 is 0. The van der Waals surface area contributed by atoms with Crippen molar-refractivity contribution >= 4 is 23.9 Å². The van der Waals surface area contributed by atoms with Gasteiger partial charge in [0, 0.05) is 52.9 Å². The van der Waals surface area contributed by atoms with Gasteiger partial charge in [0.05, 0.1) is 30.3 Å². The molecule has 52 heavy (non-hydrogen) atoms. The smallest absolute Gasteiger partial charge is 0.311 e. The summed E-state index contributed by atoms with van der Waals surface area (Å²) in [5.74, 6) is -3.40. The third kappa shape index (κ3) is 21.0. The monoisotopic (exact) mass is 740 g/mol. The lowest BCUT2D eigenvalue weighted by Gasteiger charge is -2.29. The van der Waals surface area contributed by atoms with Crippen molar-refractivity contribution in [2.24, 2.45) is 11.8 Å². The zero-order valence-electron chi connectivity index (χ0n) is 32.9. The molecule has 300 valence electrons. The van der Waals surface area contributed by atoms with Crippen LogP contribution < -0.4 is 0 Å². The normalized spacial score (nSPS) is 30.6. The van der Waals surface area contributed by atoms with Crippen LogP contribution in [0.25, 0.3) is 0 Å². The largest absolute Gasteiger partial charge is 0.462 e. The number of hydrogen-bond acceptors (Lipinski definition) is 12. The summed E-state index contributed by atoms with van der Waals surface area (Å²) in [4.78, 5) is 48.8. The average molecular weight is 741 g/mol. The molecule has 0 amide bonds. The number of carbonyl (C=O) groups excluding carboxylic acids is 4. The Labute approximate surface area is 311 Å². The molecule has 0 fully saturated rings. The Balaban J connectivity index is 3.25. The van der Waals surface area contributed by atoms with Crippen LogP contribution in [0, 0.1) is 11.8 Å². The van der Waals surface area contributed by atoms with Crippen LogP contribution in [-0.4, -0.2) is 93.1 Å². The Kier molecular flexibility index (Phi) is 22.9. The molecule has 10 atom stereocenters. The fourth-order valence-corrected chi connectivity index (χ4v) is 6.79. The van der Waals surface area contributed by atoms with Crippen LogP contribution >= 0.6 is 0 Å². The van der Waals surface area contributed by atoms with Crippen LogP contribution in [0.2, 0.25) is 0 Å². The van der Waals surface area contributed by atoms with Crippen LogP contribution in [0.3, 0.4) is 0 Å². The van der Waals surface area contributed by atoms with Crippen molar-refractivity contribution in [2.75, 3.05) is 0 Å². The fraction of sp³-hybridized carbons (Fsp3) is 0.800. The summed E-state index contributed by atoms with van der Waals surface area (Å²) in [6.07, 6.45) is 3.55. The Morgan fingerprint density at radius 1 is 0.904 bits per heavy atom. The Bertz CT molecular complexity index is 1150. The molecule has 0 bridgehead atoms. The molecular formula is C40H68O12. The van der Waals surface area contributed by atoms with E-state index in [-0.39, 0.29) is 37.8 Å². The van der Waals surface area contributed by atoms with Crippen LogP contribution in [0.4, 0.5) is 0 Å². The third-order valence-corrected chi connectivity index (χ3v) is 9.54. The molecular weight excluding hydrogens is 672 g/mol. The minimum atomic E-state index is -1.11. The van der Waals surface area contributed by atoms with E-state index in [2.05, 4.69) is 6.08 Å². The average Bonchev–Trinajstić information content (AvgIpc) is 3.02. The van der Waals surface area contributed by atoms with E-state index in [1.165, 1.54) is 20.8 Å². The summed E-state index contributed by atoms with van der Waals surface area (Å²) in [5.41, 5.74) is 1.89. The first-order valence-corrected chi connectivity index (χ1v) is 19.2. The van der Waals surface area contributed by atoms with Gasteiger partial charge in [0.1, 0.15) is 24.4 Å². The lowest BCUT2D eigenvalue weighted by Crippen LogP contribution is -2.37. The number of aliphatic hydroxyl groups is 4. The van der Waals surface area contributed by atoms with E-state index in [4.69, 9.17) is 18.9 Å². The van der Waals surface area contributed by atoms with E-state index >= 15 is 0 Å². The molecule has 1 rings (SSSR count). The van der Waals surface area contributed by atoms with E-state index < -0.39 is 72.5 Å². The van der Waals surface area contributed by atoms with Crippen LogP contribution in [0.1, 0.15) is 145 Å². The molecule has 0 aromatic carbocycles. The first kappa shape index (κ1) is 47.2. The van der Waals surface area contributed by atoms with Crippen molar-refractivity contribution < 1.29 is 58.6 Å². The predicted molar refractivity (Wildman–Crippen MR) is 197 cm³/mol. The maximum atomic E-state index is 13.4. The highest BCUT2D eigenvalue weighted by molar-refractivity contribution is 5.73. The van der Waals surface area contributed by atoms with Crippen molar-refractivity contribution in [1.29, 1.82) is 0 Å². The standard InChI is InChI=1S/C40H68O12/c1-9-12-35(49-29(6)41)20-26(3)19-34(46)23-37-21-32(44)14-11-10-13-25(2)15-17-33(45)22-38(51-31(8)43)24-36(50-30(7)42)18-16-27(4)39(47)28(5)40(48)52-37/h13,19,27-28,32-39,44-47H,9-12,14-18,20-24H2,1-8H3/b25-13+,26-19+/t27-,28+,32-,33+,34-,35-,36+,37+,38+,39+/m1/s1. The van der Waals surface area contributed by atoms with E-state index in [1.54, 1.807) is 19.9 Å². The molecule has 0 saturated carbocycles. The maximum absolute atomic E-state index is 13.4. The predicted octanol–water partition coefficient (Wildman–Crippen LogP) is 5.80. The van der Waals surface area contributed by atoms with Crippen molar-refractivity contribution in [1.82, 2.24) is 0 Å². The molecule has 0 radical (unpaired) electrons. The first-order valence-electron chi connectivity index (χ1n) is 19.2. The van der Waals surface area contributed by atoms with Gasteiger partial charge in [0.2, 0.25) is 0 Å². The number of aliphatic hydroxyl groups excluding tert-OH is 4. The SMILES string of the molecule is CCC[C@H](C/C(C)=C/[C@@H](O)C[C@@H]1C[C@H](O)CCC/C=C(\C)CC[C@H](O)C[C@H](OC(C)=O)C[C@@H](OC(C)=O)CC[C@@H](C)[C@H](O)[C@H](C)C(=O)O1)OC(C)=O. The van der Waals surface area contributed by atoms with Gasteiger partial charge in [-0.1, -0.05) is 43.6 Å². The van der Waals surface area contributed by atoms with Gasteiger partial charge in [-0.25, -0.2) is 0 Å². The number of rotatable bonds is 10. The molecule has 0 aromatic heterocycles. The van der Waals surface area contributed by atoms with Gasteiger partial charge in [0.25, 0.3) is 0 Å². The highest BCUT2D eigenvalue weighted by Gasteiger charge is 2.32. The molecule has 0 aliphatic carbocycles. The number of allylic oxidation sites excluding steroid dienone is 2. The number of hydrogen-bond donors (Lipinski definition) is 4. The van der Waals surface area contributed by atoms with E-state index in [0.717, 1.165) is 17.6 Å². The van der Waals surface area contributed by atoms with Gasteiger partial charge in [0.15, 0.2) is 0 Å². The van der Waals surface area contributed by atoms with Gasteiger partial charge < -0.3 is 39.4 Å². The molecule has 1 aliphatic heterocycles.